The van der Waals surface area contributed by atoms with Crippen LogP contribution in [0.4, 0.5) is 0 Å². The molecule has 26 heavy (non-hydrogen) atoms. The van der Waals surface area contributed by atoms with E-state index in [1.54, 1.807) is 0 Å². The van der Waals surface area contributed by atoms with Gasteiger partial charge in [0.15, 0.2) is 0 Å². The summed E-state index contributed by atoms with van der Waals surface area (Å²) in [6.07, 6.45) is 1.39. The fourth-order valence-corrected chi connectivity index (χ4v) is 2.37. The summed E-state index contributed by atoms with van der Waals surface area (Å²) in [6.45, 7) is 4.37. The standard InChI is InChI=1S/C18H23N3O5/c1-3-5-14(18(23)24)19-15(22)10-11-16-20-17(21-26-16)12-6-8-13(9-7-12)25-4-2/h6-9,14H,3-5,10-11H2,1-2H3,(H,19,22)(H,23,24). The maximum Gasteiger partial charge on any atom is 0.326 e. The SMILES string of the molecule is CCCC(NC(=O)CCc1nc(-c2ccc(OCC)cc2)no1)C(=O)O. The zero-order chi connectivity index (χ0) is 18.9. The van der Waals surface area contributed by atoms with Crippen LogP contribution in [0.3, 0.4) is 0 Å². The Balaban J connectivity index is 1.89. The lowest BCUT2D eigenvalue weighted by Gasteiger charge is -2.12. The van der Waals surface area contributed by atoms with Gasteiger partial charge in [-0.2, -0.15) is 4.98 Å². The summed E-state index contributed by atoms with van der Waals surface area (Å²) in [7, 11) is 0. The molecule has 0 bridgehead atoms. The lowest BCUT2D eigenvalue weighted by molar-refractivity contribution is -0.142. The van der Waals surface area contributed by atoms with Gasteiger partial charge in [0.1, 0.15) is 11.8 Å². The zero-order valence-electron chi connectivity index (χ0n) is 14.9. The first-order chi connectivity index (χ1) is 12.5. The van der Waals surface area contributed by atoms with Crippen LogP contribution in [0.5, 0.6) is 5.75 Å². The Morgan fingerprint density at radius 1 is 1.27 bits per heavy atom. The van der Waals surface area contributed by atoms with Crippen LogP contribution in [0.1, 0.15) is 39.0 Å². The van der Waals surface area contributed by atoms with Crippen LogP contribution < -0.4 is 10.1 Å². The van der Waals surface area contributed by atoms with Crippen LogP contribution in [0.15, 0.2) is 28.8 Å². The van der Waals surface area contributed by atoms with E-state index in [9.17, 15) is 9.59 Å². The second-order valence-corrected chi connectivity index (χ2v) is 5.72. The molecule has 0 radical (unpaired) electrons. The molecule has 0 saturated heterocycles. The highest BCUT2D eigenvalue weighted by molar-refractivity contribution is 5.83. The van der Waals surface area contributed by atoms with Gasteiger partial charge in [-0.1, -0.05) is 18.5 Å². The van der Waals surface area contributed by atoms with E-state index < -0.39 is 12.0 Å². The number of hydrogen-bond acceptors (Lipinski definition) is 6. The van der Waals surface area contributed by atoms with Gasteiger partial charge >= 0.3 is 5.97 Å². The van der Waals surface area contributed by atoms with Crippen molar-refractivity contribution in [3.05, 3.63) is 30.2 Å². The third kappa shape index (κ3) is 5.58. The lowest BCUT2D eigenvalue weighted by Crippen LogP contribution is -2.40. The molecular formula is C18H23N3O5. The minimum Gasteiger partial charge on any atom is -0.494 e. The highest BCUT2D eigenvalue weighted by Gasteiger charge is 2.19. The Bertz CT molecular complexity index is 727. The number of aromatic nitrogens is 2. The van der Waals surface area contributed by atoms with E-state index in [1.165, 1.54) is 0 Å². The van der Waals surface area contributed by atoms with Gasteiger partial charge in [0.05, 0.1) is 6.61 Å². The van der Waals surface area contributed by atoms with Crippen molar-refractivity contribution >= 4 is 11.9 Å². The average Bonchev–Trinajstić information content (AvgIpc) is 3.09. The molecule has 0 aliphatic carbocycles. The first kappa shape index (κ1) is 19.4. The summed E-state index contributed by atoms with van der Waals surface area (Å²) in [5, 5.41) is 15.5. The molecule has 0 spiro atoms. The van der Waals surface area contributed by atoms with Gasteiger partial charge in [0, 0.05) is 18.4 Å². The monoisotopic (exact) mass is 361 g/mol. The quantitative estimate of drug-likeness (QED) is 0.668. The molecule has 1 aromatic carbocycles. The van der Waals surface area contributed by atoms with E-state index in [4.69, 9.17) is 14.4 Å². The molecule has 2 rings (SSSR count). The maximum absolute atomic E-state index is 11.9. The van der Waals surface area contributed by atoms with Crippen LogP contribution >= 0.6 is 0 Å². The van der Waals surface area contributed by atoms with Crippen LogP contribution in [-0.4, -0.2) is 39.8 Å². The summed E-state index contributed by atoms with van der Waals surface area (Å²) in [4.78, 5) is 27.2. The Hall–Kier alpha value is -2.90. The van der Waals surface area contributed by atoms with E-state index in [1.807, 2.05) is 38.1 Å². The van der Waals surface area contributed by atoms with Gasteiger partial charge in [-0.3, -0.25) is 4.79 Å². The van der Waals surface area contributed by atoms with Crippen LogP contribution in [0, 0.1) is 0 Å². The number of rotatable bonds is 10. The number of carboxylic acids is 1. The summed E-state index contributed by atoms with van der Waals surface area (Å²) in [5.41, 5.74) is 0.779. The Morgan fingerprint density at radius 2 is 2.00 bits per heavy atom. The molecule has 0 aliphatic rings. The summed E-state index contributed by atoms with van der Waals surface area (Å²) in [5.74, 6) is 0.128. The van der Waals surface area contributed by atoms with E-state index in [0.29, 0.717) is 31.2 Å². The molecule has 8 nitrogen and oxygen atoms in total. The zero-order valence-corrected chi connectivity index (χ0v) is 14.9. The van der Waals surface area contributed by atoms with Gasteiger partial charge < -0.3 is 19.7 Å². The smallest absolute Gasteiger partial charge is 0.326 e. The van der Waals surface area contributed by atoms with Crippen molar-refractivity contribution in [3.8, 4) is 17.1 Å². The topological polar surface area (TPSA) is 115 Å². The normalized spacial score (nSPS) is 11.8. The Morgan fingerprint density at radius 3 is 2.62 bits per heavy atom. The molecule has 1 unspecified atom stereocenters. The molecule has 0 aliphatic heterocycles. The number of hydrogen-bond donors (Lipinski definition) is 2. The van der Waals surface area contributed by atoms with E-state index >= 15 is 0 Å². The average molecular weight is 361 g/mol. The first-order valence-electron chi connectivity index (χ1n) is 8.61. The van der Waals surface area contributed by atoms with Crippen molar-refractivity contribution in [3.63, 3.8) is 0 Å². The Kier molecular flexibility index (Phi) is 7.13. The highest BCUT2D eigenvalue weighted by Crippen LogP contribution is 2.20. The highest BCUT2D eigenvalue weighted by atomic mass is 16.5. The minimum absolute atomic E-state index is 0.0818. The number of carbonyl (C=O) groups excluding carboxylic acids is 1. The molecule has 1 heterocycles. The van der Waals surface area contributed by atoms with Crippen molar-refractivity contribution in [1.82, 2.24) is 15.5 Å². The number of carbonyl (C=O) groups is 2. The second-order valence-electron chi connectivity index (χ2n) is 5.72. The third-order valence-electron chi connectivity index (χ3n) is 3.67. The number of nitrogens with one attached hydrogen (secondary N) is 1. The molecule has 140 valence electrons. The van der Waals surface area contributed by atoms with Crippen molar-refractivity contribution in [2.45, 2.75) is 45.6 Å². The minimum atomic E-state index is -1.03. The molecule has 1 aromatic heterocycles. The number of carboxylic acid groups (broad SMARTS) is 1. The number of benzene rings is 1. The van der Waals surface area contributed by atoms with Gasteiger partial charge in [0.25, 0.3) is 0 Å². The molecule has 0 fully saturated rings. The fraction of sp³-hybridized carbons (Fsp3) is 0.444. The predicted molar refractivity (Wildman–Crippen MR) is 93.7 cm³/mol. The van der Waals surface area contributed by atoms with Gasteiger partial charge in [-0.05, 0) is 37.6 Å². The van der Waals surface area contributed by atoms with E-state index in [0.717, 1.165) is 11.3 Å². The van der Waals surface area contributed by atoms with Gasteiger partial charge in [0.2, 0.25) is 17.6 Å². The largest absolute Gasteiger partial charge is 0.494 e. The number of amides is 1. The number of aryl methyl sites for hydroxylation is 1. The van der Waals surface area contributed by atoms with Crippen molar-refractivity contribution in [1.29, 1.82) is 0 Å². The molecule has 0 saturated carbocycles. The van der Waals surface area contributed by atoms with E-state index in [-0.39, 0.29) is 18.7 Å². The first-order valence-corrected chi connectivity index (χ1v) is 8.61. The molecule has 1 atom stereocenters. The molecular weight excluding hydrogens is 338 g/mol. The summed E-state index contributed by atoms with van der Waals surface area (Å²) in [6, 6.07) is 6.43. The van der Waals surface area contributed by atoms with Crippen LogP contribution in [-0.2, 0) is 16.0 Å². The van der Waals surface area contributed by atoms with Crippen molar-refractivity contribution in [2.24, 2.45) is 0 Å². The van der Waals surface area contributed by atoms with E-state index in [2.05, 4.69) is 15.5 Å². The number of nitrogens with zero attached hydrogens (tertiary/aromatic N) is 2. The maximum atomic E-state index is 11.9. The lowest BCUT2D eigenvalue weighted by atomic mass is 10.1. The van der Waals surface area contributed by atoms with Crippen molar-refractivity contribution < 1.29 is 24.0 Å². The number of ether oxygens (including phenoxy) is 1. The molecule has 8 heteroatoms. The van der Waals surface area contributed by atoms with Crippen LogP contribution in [0.25, 0.3) is 11.4 Å². The van der Waals surface area contributed by atoms with Gasteiger partial charge in [-0.25, -0.2) is 4.79 Å². The molecule has 2 aromatic rings. The predicted octanol–water partition coefficient (Wildman–Crippen LogP) is 2.44. The Labute approximate surface area is 151 Å². The fourth-order valence-electron chi connectivity index (χ4n) is 2.37. The molecule has 2 N–H and O–H groups in total. The van der Waals surface area contributed by atoms with Crippen LogP contribution in [0.2, 0.25) is 0 Å². The van der Waals surface area contributed by atoms with Gasteiger partial charge in [-0.15, -0.1) is 0 Å². The summed E-state index contributed by atoms with van der Waals surface area (Å²) < 4.78 is 10.5. The second kappa shape index (κ2) is 9.55. The molecule has 1 amide bonds. The number of aliphatic carboxylic acids is 1. The third-order valence-corrected chi connectivity index (χ3v) is 3.67. The van der Waals surface area contributed by atoms with Crippen molar-refractivity contribution in [2.75, 3.05) is 6.61 Å². The summed E-state index contributed by atoms with van der Waals surface area (Å²) >= 11 is 0.